The van der Waals surface area contributed by atoms with Crippen molar-refractivity contribution in [3.63, 3.8) is 0 Å². The van der Waals surface area contributed by atoms with Crippen LogP contribution in [-0.4, -0.2) is 145 Å². The maximum absolute atomic E-state index is 12.8. The summed E-state index contributed by atoms with van der Waals surface area (Å²) in [4.78, 5) is 23.9. The van der Waals surface area contributed by atoms with E-state index in [1.807, 2.05) is 4.90 Å². The molecule has 0 saturated carbocycles. The number of hydrogen-bond acceptors (Lipinski definition) is 7. The first-order valence-corrected chi connectivity index (χ1v) is 10.9. The SMILES string of the molecule is CN1CCN(CC2(O)CCCN(C(=O)CN3CCN(CCO)CC3)CC2)CC1. The van der Waals surface area contributed by atoms with Crippen molar-refractivity contribution in [3.05, 3.63) is 0 Å². The van der Waals surface area contributed by atoms with Crippen molar-refractivity contribution < 1.29 is 15.0 Å². The molecule has 28 heavy (non-hydrogen) atoms. The quantitative estimate of drug-likeness (QED) is 0.570. The van der Waals surface area contributed by atoms with E-state index in [0.29, 0.717) is 19.5 Å². The van der Waals surface area contributed by atoms with Gasteiger partial charge in [0.2, 0.25) is 5.91 Å². The van der Waals surface area contributed by atoms with Gasteiger partial charge in [-0.1, -0.05) is 0 Å². The number of aliphatic hydroxyl groups is 2. The maximum atomic E-state index is 12.8. The lowest BCUT2D eigenvalue weighted by atomic mass is 9.94. The predicted molar refractivity (Wildman–Crippen MR) is 109 cm³/mol. The third kappa shape index (κ3) is 6.37. The fourth-order valence-corrected chi connectivity index (χ4v) is 4.61. The minimum absolute atomic E-state index is 0.194. The molecule has 0 radical (unpaired) electrons. The number of likely N-dealkylation sites (N-methyl/N-ethyl adjacent to an activating group) is 1. The normalized spacial score (nSPS) is 29.8. The Labute approximate surface area is 169 Å². The van der Waals surface area contributed by atoms with Crippen molar-refractivity contribution in [3.8, 4) is 0 Å². The molecular weight excluding hydrogens is 358 g/mol. The summed E-state index contributed by atoms with van der Waals surface area (Å²) in [7, 11) is 2.15. The minimum Gasteiger partial charge on any atom is -0.395 e. The number of amides is 1. The number of aliphatic hydroxyl groups excluding tert-OH is 1. The molecule has 3 rings (SSSR count). The van der Waals surface area contributed by atoms with Crippen molar-refractivity contribution in [2.24, 2.45) is 0 Å². The molecule has 0 bridgehead atoms. The highest BCUT2D eigenvalue weighted by Crippen LogP contribution is 2.24. The summed E-state index contributed by atoms with van der Waals surface area (Å²) in [5.74, 6) is 0.194. The van der Waals surface area contributed by atoms with E-state index >= 15 is 0 Å². The molecule has 3 saturated heterocycles. The van der Waals surface area contributed by atoms with Crippen LogP contribution >= 0.6 is 0 Å². The largest absolute Gasteiger partial charge is 0.395 e. The highest BCUT2D eigenvalue weighted by atomic mass is 16.3. The minimum atomic E-state index is -0.666. The third-order valence-electron chi connectivity index (χ3n) is 6.62. The number of nitrogens with zero attached hydrogens (tertiary/aromatic N) is 5. The first-order valence-electron chi connectivity index (χ1n) is 10.9. The fraction of sp³-hybridized carbons (Fsp3) is 0.950. The Morgan fingerprint density at radius 3 is 2.18 bits per heavy atom. The number of rotatable bonds is 6. The molecule has 0 spiro atoms. The maximum Gasteiger partial charge on any atom is 0.236 e. The van der Waals surface area contributed by atoms with Crippen LogP contribution in [0.25, 0.3) is 0 Å². The zero-order valence-corrected chi connectivity index (χ0v) is 17.6. The van der Waals surface area contributed by atoms with E-state index in [9.17, 15) is 9.90 Å². The average Bonchev–Trinajstić information content (AvgIpc) is 2.87. The van der Waals surface area contributed by atoms with Gasteiger partial charge in [0.1, 0.15) is 0 Å². The number of carbonyl (C=O) groups is 1. The van der Waals surface area contributed by atoms with E-state index < -0.39 is 5.60 Å². The first kappa shape index (κ1) is 21.9. The average molecular weight is 398 g/mol. The summed E-state index contributed by atoms with van der Waals surface area (Å²) in [5, 5.41) is 20.2. The van der Waals surface area contributed by atoms with Gasteiger partial charge in [-0.25, -0.2) is 0 Å². The lowest BCUT2D eigenvalue weighted by Crippen LogP contribution is -2.52. The molecule has 3 aliphatic heterocycles. The number of β-amino-alcohol motifs (C(OH)–C–C–N with tert-alkyl or cyclic N) is 2. The van der Waals surface area contributed by atoms with Crippen LogP contribution in [0.15, 0.2) is 0 Å². The number of likely N-dealkylation sites (tertiary alicyclic amines) is 1. The summed E-state index contributed by atoms with van der Waals surface area (Å²) < 4.78 is 0. The molecule has 1 unspecified atom stereocenters. The molecule has 0 aliphatic carbocycles. The van der Waals surface area contributed by atoms with Gasteiger partial charge in [0.15, 0.2) is 0 Å². The van der Waals surface area contributed by atoms with Crippen LogP contribution in [0.1, 0.15) is 19.3 Å². The molecule has 3 heterocycles. The topological polar surface area (TPSA) is 73.7 Å². The number of carbonyl (C=O) groups excluding carboxylic acids is 1. The van der Waals surface area contributed by atoms with Gasteiger partial charge < -0.3 is 20.0 Å². The lowest BCUT2D eigenvalue weighted by molar-refractivity contribution is -0.133. The highest BCUT2D eigenvalue weighted by Gasteiger charge is 2.34. The number of piperazine rings is 2. The van der Waals surface area contributed by atoms with E-state index in [-0.39, 0.29) is 12.5 Å². The molecule has 3 fully saturated rings. The van der Waals surface area contributed by atoms with E-state index in [1.54, 1.807) is 0 Å². The molecule has 0 aromatic carbocycles. The Morgan fingerprint density at radius 2 is 1.50 bits per heavy atom. The summed E-state index contributed by atoms with van der Waals surface area (Å²) >= 11 is 0. The van der Waals surface area contributed by atoms with Crippen molar-refractivity contribution >= 4 is 5.91 Å². The lowest BCUT2D eigenvalue weighted by Gasteiger charge is -2.38. The zero-order valence-electron chi connectivity index (χ0n) is 17.6. The Kier molecular flexibility index (Phi) is 8.08. The summed E-state index contributed by atoms with van der Waals surface area (Å²) in [6, 6.07) is 0. The monoisotopic (exact) mass is 397 g/mol. The Hall–Kier alpha value is -0.770. The van der Waals surface area contributed by atoms with Crippen LogP contribution in [0.2, 0.25) is 0 Å². The zero-order chi connectivity index (χ0) is 20.0. The molecule has 8 heteroatoms. The van der Waals surface area contributed by atoms with Crippen LogP contribution in [0.3, 0.4) is 0 Å². The summed E-state index contributed by atoms with van der Waals surface area (Å²) in [6.07, 6.45) is 2.33. The van der Waals surface area contributed by atoms with E-state index in [1.165, 1.54) is 0 Å². The fourth-order valence-electron chi connectivity index (χ4n) is 4.61. The third-order valence-corrected chi connectivity index (χ3v) is 6.62. The van der Waals surface area contributed by atoms with Crippen LogP contribution in [0.5, 0.6) is 0 Å². The van der Waals surface area contributed by atoms with Gasteiger partial charge in [-0.15, -0.1) is 0 Å². The molecule has 162 valence electrons. The van der Waals surface area contributed by atoms with Crippen LogP contribution in [0.4, 0.5) is 0 Å². The highest BCUT2D eigenvalue weighted by molar-refractivity contribution is 5.78. The second-order valence-corrected chi connectivity index (χ2v) is 8.88. The van der Waals surface area contributed by atoms with Crippen LogP contribution < -0.4 is 0 Å². The molecule has 1 amide bonds. The standard InChI is InChI=1S/C20H39N5O3/c1-21-7-9-24(10-8-21)18-20(28)3-2-5-25(6-4-20)19(27)17-23-13-11-22(12-14-23)15-16-26/h26,28H,2-18H2,1H3. The van der Waals surface area contributed by atoms with Crippen molar-refractivity contribution in [1.29, 1.82) is 0 Å². The molecule has 2 N–H and O–H groups in total. The Morgan fingerprint density at radius 1 is 0.857 bits per heavy atom. The van der Waals surface area contributed by atoms with E-state index in [0.717, 1.165) is 84.8 Å². The smallest absolute Gasteiger partial charge is 0.236 e. The van der Waals surface area contributed by atoms with Gasteiger partial charge in [-0.3, -0.25) is 19.5 Å². The Bertz CT molecular complexity index is 492. The van der Waals surface area contributed by atoms with Gasteiger partial charge in [0.25, 0.3) is 0 Å². The van der Waals surface area contributed by atoms with E-state index in [2.05, 4.69) is 26.6 Å². The molecular formula is C20H39N5O3. The van der Waals surface area contributed by atoms with Gasteiger partial charge in [0, 0.05) is 78.5 Å². The summed E-state index contributed by atoms with van der Waals surface area (Å²) in [6.45, 7) is 11.3. The second-order valence-electron chi connectivity index (χ2n) is 8.88. The molecule has 0 aromatic rings. The van der Waals surface area contributed by atoms with Crippen LogP contribution in [-0.2, 0) is 4.79 Å². The number of hydrogen-bond donors (Lipinski definition) is 2. The van der Waals surface area contributed by atoms with Gasteiger partial charge in [-0.2, -0.15) is 0 Å². The molecule has 0 aromatic heterocycles. The van der Waals surface area contributed by atoms with Crippen molar-refractivity contribution in [2.75, 3.05) is 98.7 Å². The van der Waals surface area contributed by atoms with Crippen molar-refractivity contribution in [1.82, 2.24) is 24.5 Å². The molecule has 1 atom stereocenters. The second kappa shape index (κ2) is 10.3. The van der Waals surface area contributed by atoms with Crippen molar-refractivity contribution in [2.45, 2.75) is 24.9 Å². The van der Waals surface area contributed by atoms with E-state index in [4.69, 9.17) is 5.11 Å². The summed E-state index contributed by atoms with van der Waals surface area (Å²) in [5.41, 5.74) is -0.666. The predicted octanol–water partition coefficient (Wildman–Crippen LogP) is -1.41. The van der Waals surface area contributed by atoms with Gasteiger partial charge in [-0.05, 0) is 26.3 Å². The Balaban J connectivity index is 1.42. The van der Waals surface area contributed by atoms with Gasteiger partial charge >= 0.3 is 0 Å². The van der Waals surface area contributed by atoms with Crippen LogP contribution in [0, 0.1) is 0 Å². The molecule has 3 aliphatic rings. The van der Waals surface area contributed by atoms with Gasteiger partial charge in [0.05, 0.1) is 18.8 Å². The molecule has 8 nitrogen and oxygen atoms in total. The first-order chi connectivity index (χ1) is 13.5.